The fourth-order valence-electron chi connectivity index (χ4n) is 3.56. The lowest BCUT2D eigenvalue weighted by atomic mass is 9.88. The van der Waals surface area contributed by atoms with Gasteiger partial charge in [0.05, 0.1) is 16.6 Å². The van der Waals surface area contributed by atoms with Gasteiger partial charge in [0.25, 0.3) is 0 Å². The van der Waals surface area contributed by atoms with Crippen molar-refractivity contribution in [2.75, 3.05) is 0 Å². The van der Waals surface area contributed by atoms with E-state index in [4.69, 9.17) is 0 Å². The van der Waals surface area contributed by atoms with E-state index in [0.29, 0.717) is 16.7 Å². The Kier molecular flexibility index (Phi) is 3.93. The molecular weight excluding hydrogens is 365 g/mol. The summed E-state index contributed by atoms with van der Waals surface area (Å²) in [5.74, 6) is 0.0770. The van der Waals surface area contributed by atoms with Gasteiger partial charge in [-0.15, -0.1) is 0 Å². The lowest BCUT2D eigenvalue weighted by Gasteiger charge is -2.20. The van der Waals surface area contributed by atoms with Gasteiger partial charge in [-0.3, -0.25) is 4.57 Å². The highest BCUT2D eigenvalue weighted by Gasteiger charge is 2.35. The molecule has 0 unspecified atom stereocenters. The van der Waals surface area contributed by atoms with Crippen molar-refractivity contribution in [1.82, 2.24) is 9.55 Å². The maximum absolute atomic E-state index is 13.7. The zero-order chi connectivity index (χ0) is 20.3. The van der Waals surface area contributed by atoms with E-state index in [1.165, 1.54) is 6.07 Å². The predicted molar refractivity (Wildman–Crippen MR) is 104 cm³/mol. The Bertz CT molecular complexity index is 1200. The number of phenols is 1. The fraction of sp³-hybridized carbons (Fsp3) is 0.227. The number of halogens is 3. The third-order valence-electron chi connectivity index (χ3n) is 4.90. The molecule has 0 aliphatic carbocycles. The quantitative estimate of drug-likeness (QED) is 0.424. The van der Waals surface area contributed by atoms with Gasteiger partial charge in [-0.05, 0) is 35.2 Å². The lowest BCUT2D eigenvalue weighted by Crippen LogP contribution is -2.12. The smallest absolute Gasteiger partial charge is 0.417 e. The molecule has 2 aromatic carbocycles. The number of aromatic hydroxyl groups is 1. The first-order valence-corrected chi connectivity index (χ1v) is 8.87. The molecule has 144 valence electrons. The highest BCUT2D eigenvalue weighted by Crippen LogP contribution is 2.43. The molecule has 0 aliphatic rings. The molecule has 4 rings (SSSR count). The summed E-state index contributed by atoms with van der Waals surface area (Å²) in [4.78, 5) is 4.42. The standard InChI is InChI=1S/C22H19F3N2O/c1-21(2,3)13-8-9-26-19(10-13)27-17-7-5-4-6-15(17)20-16(22(23,24)25)11-14(28)12-18(20)27/h4-12,28H,1-3H3. The van der Waals surface area contributed by atoms with E-state index in [1.807, 2.05) is 12.1 Å². The number of para-hydroxylation sites is 1. The summed E-state index contributed by atoms with van der Waals surface area (Å²) in [5, 5.41) is 10.5. The van der Waals surface area contributed by atoms with Crippen LogP contribution >= 0.6 is 0 Å². The van der Waals surface area contributed by atoms with Gasteiger partial charge < -0.3 is 5.11 Å². The molecule has 3 nitrogen and oxygen atoms in total. The first-order chi connectivity index (χ1) is 13.1. The number of hydrogen-bond donors (Lipinski definition) is 1. The van der Waals surface area contributed by atoms with Crippen LogP contribution in [0, 0.1) is 0 Å². The third kappa shape index (κ3) is 2.89. The van der Waals surface area contributed by atoms with Gasteiger partial charge in [-0.25, -0.2) is 4.98 Å². The molecule has 0 amide bonds. The Morgan fingerprint density at radius 2 is 1.64 bits per heavy atom. The van der Waals surface area contributed by atoms with E-state index in [-0.39, 0.29) is 16.3 Å². The number of benzene rings is 2. The summed E-state index contributed by atoms with van der Waals surface area (Å²) >= 11 is 0. The topological polar surface area (TPSA) is 38.0 Å². The highest BCUT2D eigenvalue weighted by atomic mass is 19.4. The minimum absolute atomic E-state index is 0.0591. The van der Waals surface area contributed by atoms with E-state index in [2.05, 4.69) is 25.8 Å². The van der Waals surface area contributed by atoms with E-state index in [1.54, 1.807) is 35.0 Å². The van der Waals surface area contributed by atoms with Crippen LogP contribution in [0.2, 0.25) is 0 Å². The number of fused-ring (bicyclic) bond motifs is 3. The van der Waals surface area contributed by atoms with Crippen LogP contribution in [-0.2, 0) is 11.6 Å². The Morgan fingerprint density at radius 3 is 2.32 bits per heavy atom. The Hall–Kier alpha value is -3.02. The molecule has 0 aliphatic heterocycles. The number of rotatable bonds is 1. The second kappa shape index (κ2) is 5.99. The minimum atomic E-state index is -4.59. The second-order valence-corrected chi connectivity index (χ2v) is 7.89. The van der Waals surface area contributed by atoms with E-state index in [0.717, 1.165) is 11.6 Å². The van der Waals surface area contributed by atoms with Crippen LogP contribution in [0.4, 0.5) is 13.2 Å². The molecule has 2 heterocycles. The average molecular weight is 384 g/mol. The predicted octanol–water partition coefficient (Wildman–Crippen LogP) is 6.20. The number of phenolic OH excluding ortho intramolecular Hbond substituents is 1. The van der Waals surface area contributed by atoms with Gasteiger partial charge >= 0.3 is 6.18 Å². The van der Waals surface area contributed by atoms with Gasteiger partial charge in [0, 0.05) is 23.0 Å². The molecule has 0 radical (unpaired) electrons. The summed E-state index contributed by atoms with van der Waals surface area (Å²) in [7, 11) is 0. The zero-order valence-corrected chi connectivity index (χ0v) is 15.7. The summed E-state index contributed by atoms with van der Waals surface area (Å²) in [6.45, 7) is 6.18. The molecule has 1 N–H and O–H groups in total. The summed E-state index contributed by atoms with van der Waals surface area (Å²) < 4.78 is 42.8. The molecule has 28 heavy (non-hydrogen) atoms. The molecule has 0 saturated carbocycles. The van der Waals surface area contributed by atoms with Crippen LogP contribution in [-0.4, -0.2) is 14.7 Å². The minimum Gasteiger partial charge on any atom is -0.508 e. The summed E-state index contributed by atoms with van der Waals surface area (Å²) in [6.07, 6.45) is -2.93. The first-order valence-electron chi connectivity index (χ1n) is 8.87. The van der Waals surface area contributed by atoms with E-state index < -0.39 is 17.5 Å². The van der Waals surface area contributed by atoms with Crippen molar-refractivity contribution >= 4 is 21.8 Å². The van der Waals surface area contributed by atoms with Gasteiger partial charge in [0.1, 0.15) is 11.6 Å². The fourth-order valence-corrected chi connectivity index (χ4v) is 3.56. The lowest BCUT2D eigenvalue weighted by molar-refractivity contribution is -0.136. The van der Waals surface area contributed by atoms with Gasteiger partial charge in [-0.1, -0.05) is 39.0 Å². The average Bonchev–Trinajstić information content (AvgIpc) is 2.93. The Labute approximate surface area is 160 Å². The molecule has 0 atom stereocenters. The van der Waals surface area contributed by atoms with Crippen LogP contribution < -0.4 is 0 Å². The monoisotopic (exact) mass is 384 g/mol. The second-order valence-electron chi connectivity index (χ2n) is 7.89. The van der Waals surface area contributed by atoms with Gasteiger partial charge in [0.15, 0.2) is 0 Å². The van der Waals surface area contributed by atoms with Crippen molar-refractivity contribution < 1.29 is 18.3 Å². The summed E-state index contributed by atoms with van der Waals surface area (Å²) in [6, 6.07) is 12.8. The molecule has 0 bridgehead atoms. The van der Waals surface area contributed by atoms with Crippen LogP contribution in [0.3, 0.4) is 0 Å². The van der Waals surface area contributed by atoms with Crippen molar-refractivity contribution in [1.29, 1.82) is 0 Å². The summed E-state index contributed by atoms with van der Waals surface area (Å²) in [5.41, 5.74) is 0.888. The van der Waals surface area contributed by atoms with Crippen molar-refractivity contribution in [2.24, 2.45) is 0 Å². The normalized spacial score (nSPS) is 12.8. The molecule has 0 saturated heterocycles. The van der Waals surface area contributed by atoms with E-state index >= 15 is 0 Å². The molecule has 6 heteroatoms. The Balaban J connectivity index is 2.17. The van der Waals surface area contributed by atoms with Crippen LogP contribution in [0.5, 0.6) is 5.75 Å². The van der Waals surface area contributed by atoms with Gasteiger partial charge in [-0.2, -0.15) is 13.2 Å². The third-order valence-corrected chi connectivity index (χ3v) is 4.90. The maximum Gasteiger partial charge on any atom is 0.417 e. The number of alkyl halides is 3. The van der Waals surface area contributed by atoms with E-state index in [9.17, 15) is 18.3 Å². The van der Waals surface area contributed by atoms with Crippen LogP contribution in [0.1, 0.15) is 31.9 Å². The number of aromatic nitrogens is 2. The number of nitrogens with zero attached hydrogens (tertiary/aromatic N) is 2. The van der Waals surface area contributed by atoms with Gasteiger partial charge in [0.2, 0.25) is 0 Å². The molecule has 0 fully saturated rings. The number of pyridine rings is 1. The number of hydrogen-bond acceptors (Lipinski definition) is 2. The largest absolute Gasteiger partial charge is 0.508 e. The van der Waals surface area contributed by atoms with Crippen molar-refractivity contribution in [3.63, 3.8) is 0 Å². The van der Waals surface area contributed by atoms with Crippen molar-refractivity contribution in [2.45, 2.75) is 32.4 Å². The van der Waals surface area contributed by atoms with Crippen molar-refractivity contribution in [3.05, 3.63) is 65.9 Å². The van der Waals surface area contributed by atoms with Crippen LogP contribution in [0.25, 0.3) is 27.6 Å². The Morgan fingerprint density at radius 1 is 0.929 bits per heavy atom. The van der Waals surface area contributed by atoms with Crippen molar-refractivity contribution in [3.8, 4) is 11.6 Å². The molecule has 2 aromatic heterocycles. The highest BCUT2D eigenvalue weighted by molar-refractivity contribution is 6.11. The molecule has 0 spiro atoms. The molecular formula is C22H19F3N2O. The first kappa shape index (κ1) is 18.3. The SMILES string of the molecule is CC(C)(C)c1ccnc(-n2c3ccccc3c3c(C(F)(F)F)cc(O)cc32)c1. The van der Waals surface area contributed by atoms with Crippen LogP contribution in [0.15, 0.2) is 54.7 Å². The zero-order valence-electron chi connectivity index (χ0n) is 15.7. The molecule has 4 aromatic rings. The maximum atomic E-state index is 13.7.